The van der Waals surface area contributed by atoms with Crippen molar-refractivity contribution in [3.63, 3.8) is 0 Å². The monoisotopic (exact) mass is 228 g/mol. The van der Waals surface area contributed by atoms with Crippen LogP contribution in [0.4, 0.5) is 0 Å². The van der Waals surface area contributed by atoms with E-state index in [4.69, 9.17) is 4.74 Å². The molecular formula is C13H28N2O. The summed E-state index contributed by atoms with van der Waals surface area (Å²) in [5, 5.41) is 3.68. The molecule has 3 heteroatoms. The highest BCUT2D eigenvalue weighted by molar-refractivity contribution is 4.81. The molecule has 0 aromatic rings. The Morgan fingerprint density at radius 3 is 2.75 bits per heavy atom. The normalized spacial score (nSPS) is 22.9. The topological polar surface area (TPSA) is 24.5 Å². The number of hydrogen-bond donors (Lipinski definition) is 1. The quantitative estimate of drug-likeness (QED) is 0.685. The van der Waals surface area contributed by atoms with Crippen LogP contribution in [0.25, 0.3) is 0 Å². The van der Waals surface area contributed by atoms with Gasteiger partial charge >= 0.3 is 0 Å². The molecule has 1 aliphatic rings. The highest BCUT2D eigenvalue weighted by Crippen LogP contribution is 2.17. The predicted octanol–water partition coefficient (Wildman–Crippen LogP) is 1.73. The van der Waals surface area contributed by atoms with E-state index >= 15 is 0 Å². The zero-order valence-electron chi connectivity index (χ0n) is 11.2. The van der Waals surface area contributed by atoms with Crippen molar-refractivity contribution in [1.29, 1.82) is 0 Å². The highest BCUT2D eigenvalue weighted by Gasteiger charge is 2.25. The molecule has 3 nitrogen and oxygen atoms in total. The van der Waals surface area contributed by atoms with Crippen molar-refractivity contribution in [3.8, 4) is 0 Å². The van der Waals surface area contributed by atoms with E-state index in [1.54, 1.807) is 0 Å². The summed E-state index contributed by atoms with van der Waals surface area (Å²) in [4.78, 5) is 2.44. The van der Waals surface area contributed by atoms with Gasteiger partial charge in [0.1, 0.15) is 0 Å². The summed E-state index contributed by atoms with van der Waals surface area (Å²) in [6.45, 7) is 9.84. The molecule has 1 aliphatic heterocycles. The summed E-state index contributed by atoms with van der Waals surface area (Å²) >= 11 is 0. The highest BCUT2D eigenvalue weighted by atomic mass is 16.5. The first kappa shape index (κ1) is 13.9. The zero-order valence-corrected chi connectivity index (χ0v) is 11.2. The molecule has 96 valence electrons. The van der Waals surface area contributed by atoms with Crippen molar-refractivity contribution in [3.05, 3.63) is 0 Å². The van der Waals surface area contributed by atoms with Crippen LogP contribution in [0.5, 0.6) is 0 Å². The Morgan fingerprint density at radius 2 is 2.19 bits per heavy atom. The Hall–Kier alpha value is -0.120. The van der Waals surface area contributed by atoms with Crippen LogP contribution in [0.3, 0.4) is 0 Å². The van der Waals surface area contributed by atoms with Crippen LogP contribution in [0, 0.1) is 5.92 Å². The first-order valence-electron chi connectivity index (χ1n) is 6.77. The van der Waals surface area contributed by atoms with Crippen molar-refractivity contribution in [1.82, 2.24) is 10.2 Å². The fraction of sp³-hybridized carbons (Fsp3) is 1.00. The fourth-order valence-electron chi connectivity index (χ4n) is 2.39. The molecule has 1 saturated heterocycles. The minimum atomic E-state index is 0.610. The molecule has 1 fully saturated rings. The zero-order chi connectivity index (χ0) is 11.8. The second kappa shape index (κ2) is 8.04. The predicted molar refractivity (Wildman–Crippen MR) is 68.8 cm³/mol. The SMILES string of the molecule is CCCNC(CN(C)CCC)C1CCOC1. The van der Waals surface area contributed by atoms with Crippen molar-refractivity contribution >= 4 is 0 Å². The van der Waals surface area contributed by atoms with Gasteiger partial charge in [-0.1, -0.05) is 13.8 Å². The molecule has 0 spiro atoms. The van der Waals surface area contributed by atoms with E-state index in [2.05, 4.69) is 31.1 Å². The Labute approximate surface area is 101 Å². The first-order chi connectivity index (χ1) is 7.77. The van der Waals surface area contributed by atoms with Crippen LogP contribution in [-0.2, 0) is 4.74 Å². The third-order valence-corrected chi connectivity index (χ3v) is 3.30. The number of rotatable bonds is 8. The van der Waals surface area contributed by atoms with E-state index < -0.39 is 0 Å². The maximum atomic E-state index is 5.50. The average molecular weight is 228 g/mol. The van der Waals surface area contributed by atoms with Crippen molar-refractivity contribution < 1.29 is 4.74 Å². The van der Waals surface area contributed by atoms with Gasteiger partial charge in [0, 0.05) is 25.1 Å². The number of nitrogens with zero attached hydrogens (tertiary/aromatic N) is 1. The van der Waals surface area contributed by atoms with E-state index in [1.807, 2.05) is 0 Å². The van der Waals surface area contributed by atoms with Gasteiger partial charge in [-0.3, -0.25) is 0 Å². The van der Waals surface area contributed by atoms with Crippen molar-refractivity contribution in [2.45, 2.75) is 39.2 Å². The molecule has 1 N–H and O–H groups in total. The summed E-state index contributed by atoms with van der Waals surface area (Å²) in [5.41, 5.74) is 0. The first-order valence-corrected chi connectivity index (χ1v) is 6.77. The van der Waals surface area contributed by atoms with Crippen LogP contribution in [-0.4, -0.2) is 50.8 Å². The lowest BCUT2D eigenvalue weighted by Crippen LogP contribution is -2.45. The van der Waals surface area contributed by atoms with Gasteiger partial charge < -0.3 is 15.0 Å². The van der Waals surface area contributed by atoms with Gasteiger partial charge in [-0.25, -0.2) is 0 Å². The lowest BCUT2D eigenvalue weighted by molar-refractivity contribution is 0.166. The second-order valence-electron chi connectivity index (χ2n) is 4.95. The third kappa shape index (κ3) is 4.81. The number of ether oxygens (including phenoxy) is 1. The summed E-state index contributed by atoms with van der Waals surface area (Å²) in [5.74, 6) is 0.714. The standard InChI is InChI=1S/C13H28N2O/c1-4-7-14-13(10-15(3)8-5-2)12-6-9-16-11-12/h12-14H,4-11H2,1-3H3. The van der Waals surface area contributed by atoms with E-state index in [1.165, 1.54) is 25.8 Å². The molecule has 0 aromatic heterocycles. The maximum Gasteiger partial charge on any atom is 0.0510 e. The number of likely N-dealkylation sites (N-methyl/N-ethyl adjacent to an activating group) is 1. The van der Waals surface area contributed by atoms with Gasteiger partial charge in [-0.2, -0.15) is 0 Å². The molecule has 0 aliphatic carbocycles. The molecule has 2 atom stereocenters. The lowest BCUT2D eigenvalue weighted by Gasteiger charge is -2.28. The van der Waals surface area contributed by atoms with Gasteiger partial charge in [-0.05, 0) is 39.4 Å². The largest absolute Gasteiger partial charge is 0.381 e. The van der Waals surface area contributed by atoms with Gasteiger partial charge in [0.2, 0.25) is 0 Å². The van der Waals surface area contributed by atoms with Gasteiger partial charge in [0.15, 0.2) is 0 Å². The van der Waals surface area contributed by atoms with Crippen LogP contribution < -0.4 is 5.32 Å². The Balaban J connectivity index is 2.35. The van der Waals surface area contributed by atoms with Gasteiger partial charge in [0.05, 0.1) is 6.61 Å². The molecule has 0 radical (unpaired) electrons. The molecular weight excluding hydrogens is 200 g/mol. The molecule has 0 saturated carbocycles. The maximum absolute atomic E-state index is 5.50. The summed E-state index contributed by atoms with van der Waals surface area (Å²) < 4.78 is 5.50. The molecule has 0 amide bonds. The Bertz CT molecular complexity index is 169. The van der Waals surface area contributed by atoms with E-state index in [0.717, 1.165) is 26.3 Å². The molecule has 16 heavy (non-hydrogen) atoms. The molecule has 0 bridgehead atoms. The van der Waals surface area contributed by atoms with E-state index in [-0.39, 0.29) is 0 Å². The molecule has 1 rings (SSSR count). The second-order valence-corrected chi connectivity index (χ2v) is 4.95. The Kier molecular flexibility index (Phi) is 7.01. The van der Waals surface area contributed by atoms with Crippen LogP contribution in [0.1, 0.15) is 33.1 Å². The summed E-state index contributed by atoms with van der Waals surface area (Å²) in [6, 6.07) is 0.610. The molecule has 1 heterocycles. The number of nitrogens with one attached hydrogen (secondary N) is 1. The fourth-order valence-corrected chi connectivity index (χ4v) is 2.39. The van der Waals surface area contributed by atoms with Crippen molar-refractivity contribution in [2.24, 2.45) is 5.92 Å². The van der Waals surface area contributed by atoms with Crippen LogP contribution in [0.15, 0.2) is 0 Å². The molecule has 0 aromatic carbocycles. The minimum absolute atomic E-state index is 0.610. The summed E-state index contributed by atoms with van der Waals surface area (Å²) in [6.07, 6.45) is 3.67. The lowest BCUT2D eigenvalue weighted by atomic mass is 9.98. The average Bonchev–Trinajstić information content (AvgIpc) is 2.77. The van der Waals surface area contributed by atoms with Gasteiger partial charge in [-0.15, -0.1) is 0 Å². The smallest absolute Gasteiger partial charge is 0.0510 e. The summed E-state index contributed by atoms with van der Waals surface area (Å²) in [7, 11) is 2.22. The molecule has 2 unspecified atom stereocenters. The van der Waals surface area contributed by atoms with Gasteiger partial charge in [0.25, 0.3) is 0 Å². The van der Waals surface area contributed by atoms with E-state index in [0.29, 0.717) is 12.0 Å². The Morgan fingerprint density at radius 1 is 1.38 bits per heavy atom. The van der Waals surface area contributed by atoms with Crippen LogP contribution >= 0.6 is 0 Å². The minimum Gasteiger partial charge on any atom is -0.381 e. The third-order valence-electron chi connectivity index (χ3n) is 3.30. The van der Waals surface area contributed by atoms with Crippen molar-refractivity contribution in [2.75, 3.05) is 39.9 Å². The van der Waals surface area contributed by atoms with E-state index in [9.17, 15) is 0 Å². The number of hydrogen-bond acceptors (Lipinski definition) is 3. The van der Waals surface area contributed by atoms with Crippen LogP contribution in [0.2, 0.25) is 0 Å².